The van der Waals surface area contributed by atoms with Crippen molar-refractivity contribution in [3.63, 3.8) is 0 Å². The van der Waals surface area contributed by atoms with Crippen molar-refractivity contribution in [1.82, 2.24) is 14.8 Å². The zero-order valence-corrected chi connectivity index (χ0v) is 13.2. The molecule has 0 aliphatic carbocycles. The fourth-order valence-electron chi connectivity index (χ4n) is 3.19. The molecule has 0 unspecified atom stereocenters. The Morgan fingerprint density at radius 2 is 2.27 bits per heavy atom. The molecule has 0 spiro atoms. The van der Waals surface area contributed by atoms with Crippen LogP contribution in [0, 0.1) is 5.92 Å². The number of hydrogen-bond acceptors (Lipinski definition) is 5. The van der Waals surface area contributed by atoms with Gasteiger partial charge >= 0.3 is 0 Å². The van der Waals surface area contributed by atoms with Gasteiger partial charge in [0.25, 0.3) is 5.91 Å². The zero-order valence-electron chi connectivity index (χ0n) is 13.2. The standard InChI is InChI=1S/C16H23N3O3/c1-3-22-15-14(5-4-6-17-15)16(20)19-8-12-7-18(2)13(9-19)11-21-10-12/h4-6,12-13H,3,7-11H2,1-2H3/t12-,13+/m1/s1. The topological polar surface area (TPSA) is 54.9 Å². The molecular formula is C16H23N3O3. The van der Waals surface area contributed by atoms with E-state index < -0.39 is 0 Å². The average molecular weight is 305 g/mol. The number of aromatic nitrogens is 1. The molecule has 0 N–H and O–H groups in total. The predicted octanol–water partition coefficient (Wildman–Crippen LogP) is 0.883. The van der Waals surface area contributed by atoms with Gasteiger partial charge in [0.05, 0.1) is 25.9 Å². The highest BCUT2D eigenvalue weighted by Crippen LogP contribution is 2.22. The summed E-state index contributed by atoms with van der Waals surface area (Å²) in [6.07, 6.45) is 1.65. The van der Waals surface area contributed by atoms with Crippen LogP contribution < -0.4 is 4.74 Å². The lowest BCUT2D eigenvalue weighted by Crippen LogP contribution is -2.44. The van der Waals surface area contributed by atoms with E-state index in [1.807, 2.05) is 11.8 Å². The largest absolute Gasteiger partial charge is 0.477 e. The first-order valence-electron chi connectivity index (χ1n) is 7.84. The molecule has 0 saturated carbocycles. The number of carbonyl (C=O) groups is 1. The number of fused-ring (bicyclic) bond motifs is 3. The number of rotatable bonds is 3. The average Bonchev–Trinajstić information content (AvgIpc) is 2.76. The minimum absolute atomic E-state index is 0.00347. The maximum absolute atomic E-state index is 12.9. The lowest BCUT2D eigenvalue weighted by atomic mass is 10.1. The zero-order chi connectivity index (χ0) is 15.5. The second-order valence-corrected chi connectivity index (χ2v) is 6.00. The summed E-state index contributed by atoms with van der Waals surface area (Å²) >= 11 is 0. The molecule has 22 heavy (non-hydrogen) atoms. The van der Waals surface area contributed by atoms with Crippen molar-refractivity contribution in [3.05, 3.63) is 23.9 Å². The fraction of sp³-hybridized carbons (Fsp3) is 0.625. The number of ether oxygens (including phenoxy) is 2. The summed E-state index contributed by atoms with van der Waals surface area (Å²) in [6.45, 7) is 6.18. The van der Waals surface area contributed by atoms with Gasteiger partial charge in [-0.25, -0.2) is 4.98 Å². The van der Waals surface area contributed by atoms with Gasteiger partial charge in [-0.15, -0.1) is 0 Å². The van der Waals surface area contributed by atoms with E-state index in [-0.39, 0.29) is 11.9 Å². The lowest BCUT2D eigenvalue weighted by molar-refractivity contribution is 0.0431. The van der Waals surface area contributed by atoms with Gasteiger partial charge in [-0.2, -0.15) is 0 Å². The number of amides is 1. The van der Waals surface area contributed by atoms with Crippen molar-refractivity contribution >= 4 is 5.91 Å². The molecule has 6 heteroatoms. The second kappa shape index (κ2) is 6.62. The Kier molecular flexibility index (Phi) is 4.59. The smallest absolute Gasteiger partial charge is 0.259 e. The third-order valence-corrected chi connectivity index (χ3v) is 4.31. The molecule has 1 aromatic rings. The first-order valence-corrected chi connectivity index (χ1v) is 7.84. The SMILES string of the molecule is CCOc1ncccc1C(=O)N1C[C@@H]2COC[C@H](C1)N(C)C2. The molecule has 6 nitrogen and oxygen atoms in total. The molecule has 0 radical (unpaired) electrons. The summed E-state index contributed by atoms with van der Waals surface area (Å²) in [6, 6.07) is 3.83. The third kappa shape index (κ3) is 3.08. The van der Waals surface area contributed by atoms with Crippen LogP contribution in [-0.2, 0) is 4.74 Å². The van der Waals surface area contributed by atoms with E-state index in [2.05, 4.69) is 16.9 Å². The molecular weight excluding hydrogens is 282 g/mol. The van der Waals surface area contributed by atoms with E-state index in [9.17, 15) is 4.79 Å². The number of nitrogens with zero attached hydrogens (tertiary/aromatic N) is 3. The normalized spacial score (nSPS) is 25.6. The molecule has 2 bridgehead atoms. The first-order chi connectivity index (χ1) is 10.7. The Bertz CT molecular complexity index is 537. The molecule has 120 valence electrons. The highest BCUT2D eigenvalue weighted by molar-refractivity contribution is 5.96. The summed E-state index contributed by atoms with van der Waals surface area (Å²) < 4.78 is 11.2. The second-order valence-electron chi connectivity index (χ2n) is 6.00. The molecule has 2 saturated heterocycles. The van der Waals surface area contributed by atoms with Crippen molar-refractivity contribution in [2.45, 2.75) is 13.0 Å². The summed E-state index contributed by atoms with van der Waals surface area (Å²) in [7, 11) is 2.11. The van der Waals surface area contributed by atoms with E-state index >= 15 is 0 Å². The number of pyridine rings is 1. The Labute approximate surface area is 131 Å². The van der Waals surface area contributed by atoms with E-state index in [0.717, 1.165) is 19.7 Å². The number of hydrogen-bond donors (Lipinski definition) is 0. The first kappa shape index (κ1) is 15.2. The minimum atomic E-state index is 0.00347. The molecule has 2 aliphatic rings. The molecule has 0 aromatic carbocycles. The fourth-order valence-corrected chi connectivity index (χ4v) is 3.19. The van der Waals surface area contributed by atoms with Gasteiger partial charge in [0.1, 0.15) is 5.56 Å². The van der Waals surface area contributed by atoms with E-state index in [0.29, 0.717) is 37.1 Å². The van der Waals surface area contributed by atoms with E-state index in [4.69, 9.17) is 9.47 Å². The van der Waals surface area contributed by atoms with Crippen LogP contribution in [0.4, 0.5) is 0 Å². The minimum Gasteiger partial charge on any atom is -0.477 e. The van der Waals surface area contributed by atoms with Crippen molar-refractivity contribution in [2.24, 2.45) is 5.92 Å². The molecule has 2 atom stereocenters. The van der Waals surface area contributed by atoms with Gasteiger partial charge in [0, 0.05) is 31.7 Å². The number of carbonyl (C=O) groups excluding carboxylic acids is 1. The van der Waals surface area contributed by atoms with Crippen LogP contribution in [0.1, 0.15) is 17.3 Å². The third-order valence-electron chi connectivity index (χ3n) is 4.31. The van der Waals surface area contributed by atoms with Crippen LogP contribution in [0.15, 0.2) is 18.3 Å². The summed E-state index contributed by atoms with van der Waals surface area (Å²) in [5.74, 6) is 0.784. The maximum Gasteiger partial charge on any atom is 0.259 e. The molecule has 1 amide bonds. The van der Waals surface area contributed by atoms with Gasteiger partial charge < -0.3 is 14.4 Å². The monoisotopic (exact) mass is 305 g/mol. The number of likely N-dealkylation sites (N-methyl/N-ethyl adjacent to an activating group) is 1. The van der Waals surface area contributed by atoms with Crippen LogP contribution in [-0.4, -0.2) is 73.2 Å². The Hall–Kier alpha value is -1.66. The van der Waals surface area contributed by atoms with Gasteiger partial charge in [0.2, 0.25) is 5.88 Å². The van der Waals surface area contributed by atoms with Gasteiger partial charge in [0.15, 0.2) is 0 Å². The molecule has 1 aromatic heterocycles. The Morgan fingerprint density at radius 1 is 1.41 bits per heavy atom. The van der Waals surface area contributed by atoms with Crippen molar-refractivity contribution in [1.29, 1.82) is 0 Å². The van der Waals surface area contributed by atoms with Crippen LogP contribution in [0.5, 0.6) is 5.88 Å². The van der Waals surface area contributed by atoms with Crippen LogP contribution in [0.2, 0.25) is 0 Å². The lowest BCUT2D eigenvalue weighted by Gasteiger charge is -2.30. The van der Waals surface area contributed by atoms with Crippen LogP contribution >= 0.6 is 0 Å². The van der Waals surface area contributed by atoms with Crippen molar-refractivity contribution < 1.29 is 14.3 Å². The van der Waals surface area contributed by atoms with Gasteiger partial charge in [-0.3, -0.25) is 9.69 Å². The maximum atomic E-state index is 12.9. The summed E-state index contributed by atoms with van der Waals surface area (Å²) in [4.78, 5) is 21.4. The van der Waals surface area contributed by atoms with Gasteiger partial charge in [-0.1, -0.05) is 0 Å². The highest BCUT2D eigenvalue weighted by atomic mass is 16.5. The van der Waals surface area contributed by atoms with Crippen LogP contribution in [0.3, 0.4) is 0 Å². The Balaban J connectivity index is 1.83. The molecule has 3 rings (SSSR count). The molecule has 2 fully saturated rings. The van der Waals surface area contributed by atoms with E-state index in [1.165, 1.54) is 0 Å². The van der Waals surface area contributed by atoms with Crippen molar-refractivity contribution in [3.8, 4) is 5.88 Å². The molecule has 3 heterocycles. The highest BCUT2D eigenvalue weighted by Gasteiger charge is 2.34. The summed E-state index contributed by atoms with van der Waals surface area (Å²) in [5, 5.41) is 0. The van der Waals surface area contributed by atoms with E-state index in [1.54, 1.807) is 18.3 Å². The molecule has 2 aliphatic heterocycles. The Morgan fingerprint density at radius 3 is 3.09 bits per heavy atom. The predicted molar refractivity (Wildman–Crippen MR) is 82.0 cm³/mol. The van der Waals surface area contributed by atoms with Gasteiger partial charge in [-0.05, 0) is 26.1 Å². The quantitative estimate of drug-likeness (QED) is 0.830. The van der Waals surface area contributed by atoms with Crippen molar-refractivity contribution in [2.75, 3.05) is 46.5 Å². The van der Waals surface area contributed by atoms with Crippen LogP contribution in [0.25, 0.3) is 0 Å². The summed E-state index contributed by atoms with van der Waals surface area (Å²) in [5.41, 5.74) is 0.549.